The summed E-state index contributed by atoms with van der Waals surface area (Å²) in [6.45, 7) is 1.58. The highest BCUT2D eigenvalue weighted by Gasteiger charge is 2.19. The fourth-order valence-electron chi connectivity index (χ4n) is 1.30. The fraction of sp³-hybridized carbons (Fsp3) is 0.273. The molecule has 0 aromatic heterocycles. The summed E-state index contributed by atoms with van der Waals surface area (Å²) in [6.07, 6.45) is 0. The summed E-state index contributed by atoms with van der Waals surface area (Å²) in [5.41, 5.74) is 4.64. The highest BCUT2D eigenvalue weighted by Crippen LogP contribution is 2.19. The summed E-state index contributed by atoms with van der Waals surface area (Å²) in [5.74, 6) is -3.39. The van der Waals surface area contributed by atoms with Crippen molar-refractivity contribution in [3.63, 3.8) is 0 Å². The van der Waals surface area contributed by atoms with Gasteiger partial charge < -0.3 is 16.3 Å². The molecule has 0 saturated heterocycles. The molecule has 1 aromatic carbocycles. The zero-order valence-corrected chi connectivity index (χ0v) is 11.5. The highest BCUT2D eigenvalue weighted by molar-refractivity contribution is 9.10. The fourth-order valence-corrected chi connectivity index (χ4v) is 1.70. The molecule has 0 aliphatic heterocycles. The number of nitrogens with one attached hydrogen (secondary N) is 1. The Balaban J connectivity index is 2.80. The topological polar surface area (TPSA) is 87.7 Å². The molecule has 0 bridgehead atoms. The van der Waals surface area contributed by atoms with E-state index in [0.29, 0.717) is 0 Å². The Labute approximate surface area is 116 Å². The molecule has 1 rings (SSSR count). The van der Waals surface area contributed by atoms with Gasteiger partial charge in [0, 0.05) is 16.9 Å². The molecule has 0 aliphatic carbocycles. The first-order valence-electron chi connectivity index (χ1n) is 5.27. The molecular formula is C11H12BrF2N3O2. The van der Waals surface area contributed by atoms with Crippen molar-refractivity contribution in [3.05, 3.63) is 33.8 Å². The lowest BCUT2D eigenvalue weighted by Gasteiger charge is -2.12. The second kappa shape index (κ2) is 6.46. The molecule has 19 heavy (non-hydrogen) atoms. The predicted octanol–water partition coefficient (Wildman–Crippen LogP) is 1.84. The van der Waals surface area contributed by atoms with Crippen molar-refractivity contribution < 1.29 is 18.8 Å². The van der Waals surface area contributed by atoms with Crippen LogP contribution in [-0.4, -0.2) is 23.5 Å². The van der Waals surface area contributed by atoms with Gasteiger partial charge in [0.1, 0.15) is 23.0 Å². The van der Waals surface area contributed by atoms with E-state index in [1.165, 1.54) is 0 Å². The van der Waals surface area contributed by atoms with Gasteiger partial charge in [-0.1, -0.05) is 28.0 Å². The normalized spacial score (nSPS) is 13.2. The number of carbonyl (C=O) groups excluding carboxylic acids is 1. The third-order valence-corrected chi connectivity index (χ3v) is 2.88. The second-order valence-electron chi connectivity index (χ2n) is 3.88. The van der Waals surface area contributed by atoms with Crippen LogP contribution in [0.1, 0.15) is 17.3 Å². The van der Waals surface area contributed by atoms with Crippen LogP contribution in [0.25, 0.3) is 0 Å². The molecule has 0 fully saturated rings. The van der Waals surface area contributed by atoms with Crippen molar-refractivity contribution in [2.24, 2.45) is 16.8 Å². The predicted molar refractivity (Wildman–Crippen MR) is 69.0 cm³/mol. The van der Waals surface area contributed by atoms with Gasteiger partial charge >= 0.3 is 0 Å². The summed E-state index contributed by atoms with van der Waals surface area (Å²) in [6, 6.07) is 1.98. The molecule has 104 valence electrons. The molecule has 1 atom stereocenters. The zero-order chi connectivity index (χ0) is 14.6. The number of nitrogens with zero attached hydrogens (tertiary/aromatic N) is 1. The summed E-state index contributed by atoms with van der Waals surface area (Å²) in [4.78, 5) is 11.7. The quantitative estimate of drug-likeness (QED) is 0.339. The van der Waals surface area contributed by atoms with E-state index in [1.54, 1.807) is 6.92 Å². The Morgan fingerprint density at radius 2 is 2.05 bits per heavy atom. The monoisotopic (exact) mass is 335 g/mol. The Morgan fingerprint density at radius 3 is 2.53 bits per heavy atom. The van der Waals surface area contributed by atoms with Crippen molar-refractivity contribution in [3.8, 4) is 0 Å². The number of nitrogens with two attached hydrogens (primary N) is 1. The maximum atomic E-state index is 13.5. The second-order valence-corrected chi connectivity index (χ2v) is 4.80. The van der Waals surface area contributed by atoms with E-state index in [1.807, 2.05) is 0 Å². The number of oxime groups is 1. The third-order valence-electron chi connectivity index (χ3n) is 2.42. The average molecular weight is 336 g/mol. The van der Waals surface area contributed by atoms with Crippen molar-refractivity contribution in [1.29, 1.82) is 0 Å². The molecule has 1 amide bonds. The number of rotatable bonds is 4. The smallest absolute Gasteiger partial charge is 0.257 e. The molecule has 1 aromatic rings. The lowest BCUT2D eigenvalue weighted by atomic mass is 10.1. The van der Waals surface area contributed by atoms with Crippen molar-refractivity contribution in [1.82, 2.24) is 5.32 Å². The minimum absolute atomic E-state index is 0.0102. The standard InChI is InChI=1S/C11H12BrF2N3O2/c1-5(10(15)17-19)4-16-11(18)9-7(13)2-6(12)3-8(9)14/h2-3,5,19H,4H2,1H3,(H2,15,17)(H,16,18). The van der Waals surface area contributed by atoms with E-state index in [9.17, 15) is 13.6 Å². The van der Waals surface area contributed by atoms with Crippen molar-refractivity contribution in [2.75, 3.05) is 6.54 Å². The van der Waals surface area contributed by atoms with Gasteiger partial charge in [0.15, 0.2) is 0 Å². The van der Waals surface area contributed by atoms with Gasteiger partial charge in [-0.05, 0) is 12.1 Å². The van der Waals surface area contributed by atoms with Crippen LogP contribution in [0.4, 0.5) is 8.78 Å². The number of halogens is 3. The minimum atomic E-state index is -0.971. The van der Waals surface area contributed by atoms with Crippen LogP contribution in [0.2, 0.25) is 0 Å². The van der Waals surface area contributed by atoms with Crippen LogP contribution < -0.4 is 11.1 Å². The Hall–Kier alpha value is -1.70. The lowest BCUT2D eigenvalue weighted by Crippen LogP contribution is -2.35. The molecule has 4 N–H and O–H groups in total. The average Bonchev–Trinajstić information content (AvgIpc) is 2.33. The Kier molecular flexibility index (Phi) is 5.22. The summed E-state index contributed by atoms with van der Waals surface area (Å²) < 4.78 is 27.2. The number of carbonyl (C=O) groups is 1. The molecule has 1 unspecified atom stereocenters. The number of amides is 1. The largest absolute Gasteiger partial charge is 0.409 e. The maximum absolute atomic E-state index is 13.5. The number of hydrogen-bond donors (Lipinski definition) is 3. The van der Waals surface area contributed by atoms with E-state index in [2.05, 4.69) is 26.4 Å². The van der Waals surface area contributed by atoms with Crippen LogP contribution in [0.15, 0.2) is 21.8 Å². The molecule has 0 radical (unpaired) electrons. The molecule has 5 nitrogen and oxygen atoms in total. The van der Waals surface area contributed by atoms with Gasteiger partial charge in [-0.3, -0.25) is 4.79 Å². The van der Waals surface area contributed by atoms with E-state index in [-0.39, 0.29) is 16.9 Å². The summed E-state index contributed by atoms with van der Waals surface area (Å²) in [5, 5.41) is 13.5. The van der Waals surface area contributed by atoms with Crippen molar-refractivity contribution >= 4 is 27.7 Å². The summed E-state index contributed by atoms with van der Waals surface area (Å²) in [7, 11) is 0. The lowest BCUT2D eigenvalue weighted by molar-refractivity contribution is 0.0942. The van der Waals surface area contributed by atoms with E-state index in [4.69, 9.17) is 10.9 Å². The van der Waals surface area contributed by atoms with Crippen molar-refractivity contribution in [2.45, 2.75) is 6.92 Å². The van der Waals surface area contributed by atoms with Crippen LogP contribution in [0.5, 0.6) is 0 Å². The van der Waals surface area contributed by atoms with Gasteiger partial charge in [-0.15, -0.1) is 0 Å². The Morgan fingerprint density at radius 1 is 1.53 bits per heavy atom. The van der Waals surface area contributed by atoms with E-state index < -0.39 is 29.0 Å². The molecule has 0 heterocycles. The first-order chi connectivity index (χ1) is 8.86. The highest BCUT2D eigenvalue weighted by atomic mass is 79.9. The van der Waals surface area contributed by atoms with Gasteiger partial charge in [0.25, 0.3) is 5.91 Å². The van der Waals surface area contributed by atoms with E-state index >= 15 is 0 Å². The molecule has 0 saturated carbocycles. The zero-order valence-electron chi connectivity index (χ0n) is 9.95. The van der Waals surface area contributed by atoms with E-state index in [0.717, 1.165) is 12.1 Å². The number of hydrogen-bond acceptors (Lipinski definition) is 3. The number of amidine groups is 1. The van der Waals surface area contributed by atoms with Crippen LogP contribution >= 0.6 is 15.9 Å². The molecule has 0 spiro atoms. The van der Waals surface area contributed by atoms with Gasteiger partial charge in [0.2, 0.25) is 0 Å². The third kappa shape index (κ3) is 3.88. The van der Waals surface area contributed by atoms with Gasteiger partial charge in [-0.2, -0.15) is 0 Å². The van der Waals surface area contributed by atoms with Crippen LogP contribution in [0, 0.1) is 17.6 Å². The van der Waals surface area contributed by atoms with Gasteiger partial charge in [0.05, 0.1) is 0 Å². The Bertz CT molecular complexity index is 500. The first kappa shape index (κ1) is 15.4. The van der Waals surface area contributed by atoms with Crippen LogP contribution in [0.3, 0.4) is 0 Å². The first-order valence-corrected chi connectivity index (χ1v) is 6.06. The van der Waals surface area contributed by atoms with Crippen LogP contribution in [-0.2, 0) is 0 Å². The SMILES string of the molecule is CC(CNC(=O)c1c(F)cc(Br)cc1F)C(N)=NO. The van der Waals surface area contributed by atoms with Gasteiger partial charge in [-0.25, -0.2) is 8.78 Å². The molecule has 0 aliphatic rings. The molecular weight excluding hydrogens is 324 g/mol. The molecule has 8 heteroatoms. The maximum Gasteiger partial charge on any atom is 0.257 e. The summed E-state index contributed by atoms with van der Waals surface area (Å²) >= 11 is 2.92. The minimum Gasteiger partial charge on any atom is -0.409 e. The number of benzene rings is 1.